The van der Waals surface area contributed by atoms with Crippen LogP contribution in [-0.2, 0) is 0 Å². The molecule has 0 bridgehead atoms. The van der Waals surface area contributed by atoms with Gasteiger partial charge in [-0.1, -0.05) is 66.2 Å². The van der Waals surface area contributed by atoms with Gasteiger partial charge in [-0.05, 0) is 25.3 Å². The van der Waals surface area contributed by atoms with Crippen LogP contribution in [-0.4, -0.2) is 36.6 Å². The molecule has 20 heavy (non-hydrogen) atoms. The zero-order chi connectivity index (χ0) is 14.8. The maximum absolute atomic E-state index is 3.76. The predicted octanol–water partition coefficient (Wildman–Crippen LogP) is 4.45. The molecule has 2 atom stereocenters. The topological polar surface area (TPSA) is 15.3 Å². The summed E-state index contributed by atoms with van der Waals surface area (Å²) in [6.07, 6.45) is 11.1. The lowest BCUT2D eigenvalue weighted by atomic mass is 9.96. The van der Waals surface area contributed by atoms with E-state index in [2.05, 4.69) is 37.9 Å². The first-order valence-electron chi connectivity index (χ1n) is 9.16. The SMILES string of the molecule is CCCCCCCCN1CC(CCC)NCC1C(C)C. The van der Waals surface area contributed by atoms with Crippen molar-refractivity contribution in [2.45, 2.75) is 91.1 Å². The first kappa shape index (κ1) is 18.0. The Bertz CT molecular complexity index is 227. The van der Waals surface area contributed by atoms with Crippen LogP contribution in [0.2, 0.25) is 0 Å². The molecule has 0 aliphatic carbocycles. The van der Waals surface area contributed by atoms with Gasteiger partial charge in [0.05, 0.1) is 0 Å². The van der Waals surface area contributed by atoms with Gasteiger partial charge in [0.15, 0.2) is 0 Å². The molecule has 1 aliphatic heterocycles. The molecule has 1 fully saturated rings. The summed E-state index contributed by atoms with van der Waals surface area (Å²) in [6.45, 7) is 13.1. The molecule has 120 valence electrons. The van der Waals surface area contributed by atoms with Gasteiger partial charge in [0.25, 0.3) is 0 Å². The Kier molecular flexibility index (Phi) is 9.54. The molecule has 1 saturated heterocycles. The largest absolute Gasteiger partial charge is 0.311 e. The van der Waals surface area contributed by atoms with E-state index in [9.17, 15) is 0 Å². The fourth-order valence-corrected chi connectivity index (χ4v) is 3.45. The molecule has 0 radical (unpaired) electrons. The van der Waals surface area contributed by atoms with Crippen molar-refractivity contribution < 1.29 is 0 Å². The molecule has 0 saturated carbocycles. The van der Waals surface area contributed by atoms with E-state index >= 15 is 0 Å². The van der Waals surface area contributed by atoms with Crippen molar-refractivity contribution in [3.05, 3.63) is 0 Å². The molecule has 1 rings (SSSR count). The predicted molar refractivity (Wildman–Crippen MR) is 90.3 cm³/mol. The van der Waals surface area contributed by atoms with E-state index in [0.29, 0.717) is 0 Å². The van der Waals surface area contributed by atoms with Gasteiger partial charge in [-0.15, -0.1) is 0 Å². The average Bonchev–Trinajstić information content (AvgIpc) is 2.43. The number of piperazine rings is 1. The Morgan fingerprint density at radius 2 is 1.70 bits per heavy atom. The van der Waals surface area contributed by atoms with E-state index in [-0.39, 0.29) is 0 Å². The number of hydrogen-bond acceptors (Lipinski definition) is 2. The third kappa shape index (κ3) is 6.58. The third-order valence-electron chi connectivity index (χ3n) is 4.75. The third-order valence-corrected chi connectivity index (χ3v) is 4.75. The van der Waals surface area contributed by atoms with Crippen LogP contribution in [0.25, 0.3) is 0 Å². The molecule has 1 N–H and O–H groups in total. The standard InChI is InChI=1S/C18H38N2/c1-5-7-8-9-10-11-13-20-15-17(12-6-2)19-14-18(20)16(3)4/h16-19H,5-15H2,1-4H3. The molecule has 0 aromatic carbocycles. The van der Waals surface area contributed by atoms with E-state index in [1.54, 1.807) is 0 Å². The van der Waals surface area contributed by atoms with Gasteiger partial charge in [-0.3, -0.25) is 4.90 Å². The lowest BCUT2D eigenvalue weighted by molar-refractivity contribution is 0.0936. The van der Waals surface area contributed by atoms with Crippen molar-refractivity contribution in [1.82, 2.24) is 10.2 Å². The normalized spacial score (nSPS) is 24.4. The second-order valence-corrected chi connectivity index (χ2v) is 6.97. The molecule has 0 aromatic rings. The van der Waals surface area contributed by atoms with Crippen LogP contribution in [0.4, 0.5) is 0 Å². The molecule has 1 heterocycles. The molecule has 0 spiro atoms. The molecule has 2 unspecified atom stereocenters. The minimum atomic E-state index is 0.732. The number of hydrogen-bond donors (Lipinski definition) is 1. The smallest absolute Gasteiger partial charge is 0.0244 e. The zero-order valence-electron chi connectivity index (χ0n) is 14.5. The van der Waals surface area contributed by atoms with Crippen molar-refractivity contribution in [3.8, 4) is 0 Å². The Labute approximate surface area is 127 Å². The summed E-state index contributed by atoms with van der Waals surface area (Å²) in [5.41, 5.74) is 0. The molecule has 1 aliphatic rings. The summed E-state index contributed by atoms with van der Waals surface area (Å²) in [6, 6.07) is 1.48. The Morgan fingerprint density at radius 1 is 1.00 bits per heavy atom. The van der Waals surface area contributed by atoms with Crippen LogP contribution in [0.15, 0.2) is 0 Å². The highest BCUT2D eigenvalue weighted by Gasteiger charge is 2.28. The van der Waals surface area contributed by atoms with Crippen LogP contribution in [0.5, 0.6) is 0 Å². The monoisotopic (exact) mass is 282 g/mol. The minimum Gasteiger partial charge on any atom is -0.311 e. The van der Waals surface area contributed by atoms with Crippen LogP contribution in [0.1, 0.15) is 79.1 Å². The summed E-state index contributed by atoms with van der Waals surface area (Å²) < 4.78 is 0. The van der Waals surface area contributed by atoms with Crippen molar-refractivity contribution in [3.63, 3.8) is 0 Å². The van der Waals surface area contributed by atoms with Gasteiger partial charge in [0.2, 0.25) is 0 Å². The maximum atomic E-state index is 3.76. The fraction of sp³-hybridized carbons (Fsp3) is 1.00. The summed E-state index contributed by atoms with van der Waals surface area (Å²) in [5.74, 6) is 0.769. The lowest BCUT2D eigenvalue weighted by Crippen LogP contribution is -2.58. The number of nitrogens with zero attached hydrogens (tertiary/aromatic N) is 1. The fourth-order valence-electron chi connectivity index (χ4n) is 3.45. The van der Waals surface area contributed by atoms with Crippen molar-refractivity contribution in [1.29, 1.82) is 0 Å². The Morgan fingerprint density at radius 3 is 2.35 bits per heavy atom. The van der Waals surface area contributed by atoms with Crippen LogP contribution < -0.4 is 5.32 Å². The molecular weight excluding hydrogens is 244 g/mol. The van der Waals surface area contributed by atoms with Crippen molar-refractivity contribution >= 4 is 0 Å². The summed E-state index contributed by atoms with van der Waals surface area (Å²) in [7, 11) is 0. The van der Waals surface area contributed by atoms with Gasteiger partial charge in [0.1, 0.15) is 0 Å². The highest BCUT2D eigenvalue weighted by atomic mass is 15.2. The van der Waals surface area contributed by atoms with Crippen LogP contribution in [0.3, 0.4) is 0 Å². The Balaban J connectivity index is 2.28. The van der Waals surface area contributed by atoms with E-state index in [1.807, 2.05) is 0 Å². The summed E-state index contributed by atoms with van der Waals surface area (Å²) >= 11 is 0. The maximum Gasteiger partial charge on any atom is 0.0244 e. The minimum absolute atomic E-state index is 0.732. The van der Waals surface area contributed by atoms with Gasteiger partial charge < -0.3 is 5.32 Å². The highest BCUT2D eigenvalue weighted by Crippen LogP contribution is 2.18. The highest BCUT2D eigenvalue weighted by molar-refractivity contribution is 4.87. The first-order valence-corrected chi connectivity index (χ1v) is 9.16. The van der Waals surface area contributed by atoms with Gasteiger partial charge in [-0.2, -0.15) is 0 Å². The van der Waals surface area contributed by atoms with Gasteiger partial charge in [0, 0.05) is 25.2 Å². The second-order valence-electron chi connectivity index (χ2n) is 6.97. The lowest BCUT2D eigenvalue weighted by Gasteiger charge is -2.42. The van der Waals surface area contributed by atoms with Crippen molar-refractivity contribution in [2.24, 2.45) is 5.92 Å². The van der Waals surface area contributed by atoms with E-state index in [1.165, 1.54) is 71.0 Å². The molecule has 0 aromatic heterocycles. The Hall–Kier alpha value is -0.0800. The summed E-state index contributed by atoms with van der Waals surface area (Å²) in [4.78, 5) is 2.78. The van der Waals surface area contributed by atoms with Crippen molar-refractivity contribution in [2.75, 3.05) is 19.6 Å². The molecule has 2 nitrogen and oxygen atoms in total. The number of unbranched alkanes of at least 4 members (excludes halogenated alkanes) is 5. The molecule has 0 amide bonds. The van der Waals surface area contributed by atoms with E-state index < -0.39 is 0 Å². The molecule has 2 heteroatoms. The zero-order valence-corrected chi connectivity index (χ0v) is 14.5. The first-order chi connectivity index (χ1) is 9.69. The number of nitrogens with one attached hydrogen (secondary N) is 1. The molecular formula is C18H38N2. The van der Waals surface area contributed by atoms with E-state index in [4.69, 9.17) is 0 Å². The summed E-state index contributed by atoms with van der Waals surface area (Å²) in [5, 5.41) is 3.76. The second kappa shape index (κ2) is 10.6. The van der Waals surface area contributed by atoms with Gasteiger partial charge >= 0.3 is 0 Å². The average molecular weight is 283 g/mol. The number of rotatable bonds is 10. The quantitative estimate of drug-likeness (QED) is 0.596. The van der Waals surface area contributed by atoms with Crippen LogP contribution >= 0.6 is 0 Å². The van der Waals surface area contributed by atoms with E-state index in [0.717, 1.165) is 18.0 Å². The van der Waals surface area contributed by atoms with Crippen LogP contribution in [0, 0.1) is 5.92 Å². The van der Waals surface area contributed by atoms with Gasteiger partial charge in [-0.25, -0.2) is 0 Å².